The normalized spacial score (nSPS) is 21.1. The van der Waals surface area contributed by atoms with Gasteiger partial charge in [-0.3, -0.25) is 0 Å². The molecule has 1 aliphatic rings. The maximum absolute atomic E-state index is 9.93. The van der Waals surface area contributed by atoms with E-state index >= 15 is 0 Å². The van der Waals surface area contributed by atoms with Gasteiger partial charge in [-0.1, -0.05) is 13.8 Å². The molecule has 0 saturated carbocycles. The maximum atomic E-state index is 9.93. The molecule has 102 valence electrons. The molecule has 1 aromatic heterocycles. The monoisotopic (exact) mass is 268 g/mol. The molecule has 0 radical (unpaired) electrons. The second kappa shape index (κ2) is 6.13. The number of rotatable bonds is 5. The molecular weight excluding hydrogens is 244 g/mol. The van der Waals surface area contributed by atoms with Crippen LogP contribution in [0.3, 0.4) is 0 Å². The Morgan fingerprint density at radius 3 is 3.00 bits per heavy atom. The lowest BCUT2D eigenvalue weighted by molar-refractivity contribution is 0.141. The fourth-order valence-corrected chi connectivity index (χ4v) is 3.73. The summed E-state index contributed by atoms with van der Waals surface area (Å²) in [5, 5.41) is 14.6. The summed E-state index contributed by atoms with van der Waals surface area (Å²) in [6.45, 7) is 7.07. The van der Waals surface area contributed by atoms with Gasteiger partial charge in [-0.25, -0.2) is 4.98 Å². The van der Waals surface area contributed by atoms with E-state index in [-0.39, 0.29) is 6.10 Å². The standard InChI is InChI=1S/C14H24N2OS/c1-9(2)7-11(17)8-15-12-5-4-6-13-14(12)18-10(3)16-13/h9,11-12,15,17H,4-8H2,1-3H3. The van der Waals surface area contributed by atoms with E-state index in [1.807, 2.05) is 11.3 Å². The van der Waals surface area contributed by atoms with Crippen LogP contribution in [0.2, 0.25) is 0 Å². The molecule has 0 amide bonds. The molecule has 2 atom stereocenters. The molecule has 0 spiro atoms. The number of aryl methyl sites for hydroxylation is 2. The highest BCUT2D eigenvalue weighted by molar-refractivity contribution is 7.11. The molecule has 1 aromatic rings. The molecule has 1 heterocycles. The Kier molecular flexibility index (Phi) is 4.76. The first-order valence-corrected chi connectivity index (χ1v) is 7.75. The van der Waals surface area contributed by atoms with E-state index in [1.54, 1.807) is 0 Å². The Labute approximate surface area is 114 Å². The van der Waals surface area contributed by atoms with Crippen LogP contribution in [-0.4, -0.2) is 22.7 Å². The number of fused-ring (bicyclic) bond motifs is 1. The Hall–Kier alpha value is -0.450. The number of aliphatic hydroxyl groups is 1. The van der Waals surface area contributed by atoms with Crippen LogP contribution in [0.4, 0.5) is 0 Å². The zero-order valence-electron chi connectivity index (χ0n) is 11.6. The molecule has 2 unspecified atom stereocenters. The van der Waals surface area contributed by atoms with Gasteiger partial charge in [-0.05, 0) is 38.5 Å². The molecule has 0 fully saturated rings. The largest absolute Gasteiger partial charge is 0.392 e. The minimum atomic E-state index is -0.232. The van der Waals surface area contributed by atoms with E-state index in [1.165, 1.54) is 23.4 Å². The summed E-state index contributed by atoms with van der Waals surface area (Å²) in [4.78, 5) is 5.99. The van der Waals surface area contributed by atoms with E-state index in [0.717, 1.165) is 17.8 Å². The van der Waals surface area contributed by atoms with Crippen LogP contribution in [-0.2, 0) is 6.42 Å². The van der Waals surface area contributed by atoms with Gasteiger partial charge in [-0.15, -0.1) is 11.3 Å². The predicted molar refractivity (Wildman–Crippen MR) is 76.0 cm³/mol. The number of aromatic nitrogens is 1. The van der Waals surface area contributed by atoms with Crippen molar-refractivity contribution in [3.8, 4) is 0 Å². The van der Waals surface area contributed by atoms with Gasteiger partial charge in [0.1, 0.15) is 0 Å². The van der Waals surface area contributed by atoms with Gasteiger partial charge in [0.2, 0.25) is 0 Å². The van der Waals surface area contributed by atoms with Crippen molar-refractivity contribution in [1.82, 2.24) is 10.3 Å². The number of nitrogens with zero attached hydrogens (tertiary/aromatic N) is 1. The number of hydrogen-bond acceptors (Lipinski definition) is 4. The van der Waals surface area contributed by atoms with E-state index in [9.17, 15) is 5.11 Å². The first kappa shape index (κ1) is 14.0. The van der Waals surface area contributed by atoms with Gasteiger partial charge in [0.25, 0.3) is 0 Å². The van der Waals surface area contributed by atoms with Crippen LogP contribution in [0.25, 0.3) is 0 Å². The minimum absolute atomic E-state index is 0.232. The summed E-state index contributed by atoms with van der Waals surface area (Å²) in [5.74, 6) is 0.550. The molecule has 18 heavy (non-hydrogen) atoms. The third-order valence-electron chi connectivity index (χ3n) is 3.40. The van der Waals surface area contributed by atoms with Crippen LogP contribution in [0.15, 0.2) is 0 Å². The summed E-state index contributed by atoms with van der Waals surface area (Å²) in [6.07, 6.45) is 4.13. The number of thiazole rings is 1. The third kappa shape index (κ3) is 3.53. The topological polar surface area (TPSA) is 45.2 Å². The Balaban J connectivity index is 1.91. The van der Waals surface area contributed by atoms with Crippen LogP contribution in [0.1, 0.15) is 54.7 Å². The van der Waals surface area contributed by atoms with Crippen LogP contribution in [0, 0.1) is 12.8 Å². The van der Waals surface area contributed by atoms with Crippen molar-refractivity contribution in [2.24, 2.45) is 5.92 Å². The van der Waals surface area contributed by atoms with Gasteiger partial charge in [-0.2, -0.15) is 0 Å². The van der Waals surface area contributed by atoms with Gasteiger partial charge < -0.3 is 10.4 Å². The second-order valence-corrected chi connectivity index (χ2v) is 6.92. The van der Waals surface area contributed by atoms with E-state index < -0.39 is 0 Å². The van der Waals surface area contributed by atoms with Crippen molar-refractivity contribution in [1.29, 1.82) is 0 Å². The summed E-state index contributed by atoms with van der Waals surface area (Å²) >= 11 is 1.81. The Morgan fingerprint density at radius 1 is 1.50 bits per heavy atom. The molecular formula is C14H24N2OS. The lowest BCUT2D eigenvalue weighted by Gasteiger charge is -2.24. The minimum Gasteiger partial charge on any atom is -0.392 e. The average molecular weight is 268 g/mol. The Morgan fingerprint density at radius 2 is 2.28 bits per heavy atom. The fourth-order valence-electron chi connectivity index (χ4n) is 2.64. The van der Waals surface area contributed by atoms with Crippen molar-refractivity contribution in [2.75, 3.05) is 6.54 Å². The van der Waals surface area contributed by atoms with E-state index in [4.69, 9.17) is 0 Å². The molecule has 0 bridgehead atoms. The molecule has 0 aliphatic heterocycles. The average Bonchev–Trinajstić information content (AvgIpc) is 2.66. The zero-order chi connectivity index (χ0) is 13.1. The lowest BCUT2D eigenvalue weighted by Crippen LogP contribution is -2.32. The lowest BCUT2D eigenvalue weighted by atomic mass is 9.97. The smallest absolute Gasteiger partial charge is 0.0900 e. The highest BCUT2D eigenvalue weighted by Gasteiger charge is 2.24. The van der Waals surface area contributed by atoms with E-state index in [0.29, 0.717) is 18.5 Å². The molecule has 1 aliphatic carbocycles. The highest BCUT2D eigenvalue weighted by atomic mass is 32.1. The van der Waals surface area contributed by atoms with Crippen molar-refractivity contribution in [3.05, 3.63) is 15.6 Å². The molecule has 3 nitrogen and oxygen atoms in total. The predicted octanol–water partition coefficient (Wildman–Crippen LogP) is 2.83. The zero-order valence-corrected chi connectivity index (χ0v) is 12.4. The number of nitrogens with one attached hydrogen (secondary N) is 1. The third-order valence-corrected chi connectivity index (χ3v) is 4.53. The molecule has 2 rings (SSSR count). The van der Waals surface area contributed by atoms with Crippen molar-refractivity contribution in [2.45, 2.75) is 58.6 Å². The van der Waals surface area contributed by atoms with Gasteiger partial charge in [0.05, 0.1) is 16.8 Å². The van der Waals surface area contributed by atoms with Crippen LogP contribution >= 0.6 is 11.3 Å². The maximum Gasteiger partial charge on any atom is 0.0900 e. The summed E-state index contributed by atoms with van der Waals surface area (Å²) in [7, 11) is 0. The molecule has 4 heteroatoms. The summed E-state index contributed by atoms with van der Waals surface area (Å²) < 4.78 is 0. The fraction of sp³-hybridized carbons (Fsp3) is 0.786. The first-order chi connectivity index (χ1) is 8.56. The van der Waals surface area contributed by atoms with Crippen molar-refractivity contribution in [3.63, 3.8) is 0 Å². The SMILES string of the molecule is Cc1nc2c(s1)C(NCC(O)CC(C)C)CCC2. The second-order valence-electron chi connectivity index (χ2n) is 5.68. The van der Waals surface area contributed by atoms with Crippen LogP contribution < -0.4 is 5.32 Å². The van der Waals surface area contributed by atoms with Crippen molar-refractivity contribution >= 4 is 11.3 Å². The van der Waals surface area contributed by atoms with Crippen LogP contribution in [0.5, 0.6) is 0 Å². The molecule has 0 saturated heterocycles. The van der Waals surface area contributed by atoms with Crippen molar-refractivity contribution < 1.29 is 5.11 Å². The molecule has 0 aromatic carbocycles. The van der Waals surface area contributed by atoms with Gasteiger partial charge >= 0.3 is 0 Å². The van der Waals surface area contributed by atoms with Gasteiger partial charge in [0, 0.05) is 17.5 Å². The quantitative estimate of drug-likeness (QED) is 0.863. The number of hydrogen-bond donors (Lipinski definition) is 2. The Bertz CT molecular complexity index is 389. The number of aliphatic hydroxyl groups excluding tert-OH is 1. The first-order valence-electron chi connectivity index (χ1n) is 6.94. The van der Waals surface area contributed by atoms with Gasteiger partial charge in [0.15, 0.2) is 0 Å². The summed E-state index contributed by atoms with van der Waals surface area (Å²) in [5.41, 5.74) is 1.28. The molecule has 2 N–H and O–H groups in total. The highest BCUT2D eigenvalue weighted by Crippen LogP contribution is 2.33. The summed E-state index contributed by atoms with van der Waals surface area (Å²) in [6, 6.07) is 0.404. The van der Waals surface area contributed by atoms with E-state index in [2.05, 4.69) is 31.1 Å².